The van der Waals surface area contributed by atoms with Crippen molar-refractivity contribution in [2.24, 2.45) is 0 Å². The van der Waals surface area contributed by atoms with Crippen LogP contribution in [-0.4, -0.2) is 36.4 Å². The van der Waals surface area contributed by atoms with Crippen LogP contribution in [0.2, 0.25) is 0 Å². The Hall–Kier alpha value is -3.70. The molecule has 1 N–H and O–H groups in total. The van der Waals surface area contributed by atoms with Crippen LogP contribution in [0.25, 0.3) is 0 Å². The highest BCUT2D eigenvalue weighted by atomic mass is 16.6. The number of esters is 2. The second kappa shape index (κ2) is 82.5. The number of hydrogen-bond acceptors (Lipinski definition) is 5. The Morgan fingerprint density at radius 3 is 0.699 bits per heavy atom. The van der Waals surface area contributed by atoms with Crippen LogP contribution in [0, 0.1) is 0 Å². The lowest BCUT2D eigenvalue weighted by atomic mass is 10.0. The predicted molar refractivity (Wildman–Crippen MR) is 412 cm³/mol. The average Bonchev–Trinajstić information content (AvgIpc) is 3.62. The molecule has 536 valence electrons. The van der Waals surface area contributed by atoms with Crippen LogP contribution in [0.4, 0.5) is 0 Å². The Bertz CT molecular complexity index is 1810. The van der Waals surface area contributed by atoms with Crippen molar-refractivity contribution in [1.82, 2.24) is 0 Å². The molecule has 1 atom stereocenters. The standard InChI is InChI=1S/C88H154O5/c1-3-5-7-9-11-13-15-17-19-21-23-25-27-29-31-33-35-37-39-41-43-45-46-48-50-52-54-56-58-60-62-64-66-68-70-72-74-76-78-80-82-87(90)92-85-86(84-89)93-88(91)83-81-79-77-75-73-71-69-67-65-63-61-59-57-55-53-51-49-47-44-42-40-38-36-34-32-30-28-26-24-22-20-18-16-14-12-10-8-6-4-2/h6,8,12,14,18,20,24,26,30,32,36,38,42,44,49,51,55,57,61,63,86,89H,3-5,7,9-11,13,15-17,19,21-23,25,27-29,31,33-35,37,39-41,43,45-48,50,52-54,56,58-60,62,64-85H2,1-2H3/b8-6-,14-12-,20-18-,26-24-,32-30-,38-36-,44-42-,51-49-,57-55-,63-61-. The molecule has 0 saturated heterocycles. The minimum Gasteiger partial charge on any atom is -0.462 e. The Labute approximate surface area is 579 Å². The molecule has 0 heterocycles. The molecule has 0 saturated carbocycles. The van der Waals surface area contributed by atoms with E-state index in [-0.39, 0.29) is 25.2 Å². The van der Waals surface area contributed by atoms with Gasteiger partial charge in [0.2, 0.25) is 0 Å². The van der Waals surface area contributed by atoms with Gasteiger partial charge in [-0.25, -0.2) is 0 Å². The molecule has 0 aromatic rings. The summed E-state index contributed by atoms with van der Waals surface area (Å²) in [6, 6.07) is 0. The van der Waals surface area contributed by atoms with Crippen molar-refractivity contribution in [3.63, 3.8) is 0 Å². The fourth-order valence-corrected chi connectivity index (χ4v) is 12.0. The molecule has 0 bridgehead atoms. The summed E-state index contributed by atoms with van der Waals surface area (Å²) in [6.07, 6.45) is 121. The zero-order valence-corrected chi connectivity index (χ0v) is 61.8. The molecule has 0 rings (SSSR count). The van der Waals surface area contributed by atoms with Gasteiger partial charge in [0.25, 0.3) is 0 Å². The van der Waals surface area contributed by atoms with Crippen LogP contribution < -0.4 is 0 Å². The average molecular weight is 1290 g/mol. The largest absolute Gasteiger partial charge is 0.462 e. The molecule has 0 aromatic heterocycles. The van der Waals surface area contributed by atoms with Crippen LogP contribution in [0.15, 0.2) is 122 Å². The number of hydrogen-bond donors (Lipinski definition) is 1. The van der Waals surface area contributed by atoms with Gasteiger partial charge >= 0.3 is 11.9 Å². The molecular formula is C88H154O5. The van der Waals surface area contributed by atoms with Crippen LogP contribution >= 0.6 is 0 Å². The van der Waals surface area contributed by atoms with E-state index in [4.69, 9.17) is 9.47 Å². The molecule has 5 nitrogen and oxygen atoms in total. The molecular weight excluding hydrogens is 1140 g/mol. The Morgan fingerprint density at radius 1 is 0.258 bits per heavy atom. The number of aliphatic hydroxyl groups excluding tert-OH is 1. The second-order valence-electron chi connectivity index (χ2n) is 27.1. The van der Waals surface area contributed by atoms with Gasteiger partial charge < -0.3 is 14.6 Å². The van der Waals surface area contributed by atoms with Crippen molar-refractivity contribution in [1.29, 1.82) is 0 Å². The molecule has 5 heteroatoms. The molecule has 0 amide bonds. The normalized spacial score (nSPS) is 12.8. The Balaban J connectivity index is 3.46. The highest BCUT2D eigenvalue weighted by Crippen LogP contribution is 2.19. The zero-order valence-electron chi connectivity index (χ0n) is 61.8. The van der Waals surface area contributed by atoms with Gasteiger partial charge in [-0.15, -0.1) is 0 Å². The van der Waals surface area contributed by atoms with E-state index in [1.165, 1.54) is 270 Å². The minimum atomic E-state index is -0.785. The predicted octanol–water partition coefficient (Wildman–Crippen LogP) is 28.8. The van der Waals surface area contributed by atoms with Crippen molar-refractivity contribution in [2.75, 3.05) is 13.2 Å². The van der Waals surface area contributed by atoms with E-state index in [1.807, 2.05) is 0 Å². The first-order valence-corrected chi connectivity index (χ1v) is 40.6. The summed E-state index contributed by atoms with van der Waals surface area (Å²) in [5.41, 5.74) is 0. The van der Waals surface area contributed by atoms with Gasteiger partial charge in [0.1, 0.15) is 6.61 Å². The van der Waals surface area contributed by atoms with Crippen LogP contribution in [0.1, 0.15) is 406 Å². The maximum absolute atomic E-state index is 12.4. The molecule has 93 heavy (non-hydrogen) atoms. The fraction of sp³-hybridized carbons (Fsp3) is 0.750. The van der Waals surface area contributed by atoms with Gasteiger partial charge in [-0.05, 0) is 89.9 Å². The van der Waals surface area contributed by atoms with Crippen LogP contribution in [-0.2, 0) is 19.1 Å². The Kier molecular flexibility index (Phi) is 79.2. The highest BCUT2D eigenvalue weighted by molar-refractivity contribution is 5.70. The number of allylic oxidation sites excluding steroid dienone is 20. The van der Waals surface area contributed by atoms with Crippen LogP contribution in [0.5, 0.6) is 0 Å². The first kappa shape index (κ1) is 89.3. The van der Waals surface area contributed by atoms with Crippen molar-refractivity contribution >= 4 is 11.9 Å². The van der Waals surface area contributed by atoms with Crippen molar-refractivity contribution in [2.45, 2.75) is 412 Å². The number of carbonyl (C=O) groups excluding carboxylic acids is 2. The van der Waals surface area contributed by atoms with E-state index in [0.717, 1.165) is 109 Å². The summed E-state index contributed by atoms with van der Waals surface area (Å²) < 4.78 is 10.8. The summed E-state index contributed by atoms with van der Waals surface area (Å²) in [5.74, 6) is -0.589. The molecule has 0 aliphatic rings. The second-order valence-corrected chi connectivity index (χ2v) is 27.1. The van der Waals surface area contributed by atoms with Crippen LogP contribution in [0.3, 0.4) is 0 Å². The topological polar surface area (TPSA) is 72.8 Å². The molecule has 0 fully saturated rings. The van der Waals surface area contributed by atoms with Gasteiger partial charge in [0.15, 0.2) is 6.10 Å². The summed E-state index contributed by atoms with van der Waals surface area (Å²) in [6.45, 7) is 4.06. The van der Waals surface area contributed by atoms with Gasteiger partial charge in [-0.2, -0.15) is 0 Å². The Morgan fingerprint density at radius 2 is 0.462 bits per heavy atom. The number of aliphatic hydroxyl groups is 1. The molecule has 1 unspecified atom stereocenters. The molecule has 0 aliphatic heterocycles. The molecule has 0 aliphatic carbocycles. The van der Waals surface area contributed by atoms with E-state index in [9.17, 15) is 14.7 Å². The van der Waals surface area contributed by atoms with Crippen molar-refractivity contribution in [3.05, 3.63) is 122 Å². The smallest absolute Gasteiger partial charge is 0.306 e. The van der Waals surface area contributed by atoms with E-state index in [0.29, 0.717) is 12.8 Å². The fourth-order valence-electron chi connectivity index (χ4n) is 12.0. The molecule has 0 spiro atoms. The van der Waals surface area contributed by atoms with Crippen molar-refractivity contribution < 1.29 is 24.2 Å². The van der Waals surface area contributed by atoms with Gasteiger partial charge in [-0.1, -0.05) is 424 Å². The summed E-state index contributed by atoms with van der Waals surface area (Å²) in [7, 11) is 0. The summed E-state index contributed by atoms with van der Waals surface area (Å²) >= 11 is 0. The quantitative estimate of drug-likeness (QED) is 0.0373. The zero-order chi connectivity index (χ0) is 66.8. The third-order valence-corrected chi connectivity index (χ3v) is 18.0. The van der Waals surface area contributed by atoms with Gasteiger partial charge in [-0.3, -0.25) is 9.59 Å². The monoisotopic (exact) mass is 1290 g/mol. The van der Waals surface area contributed by atoms with Crippen molar-refractivity contribution in [3.8, 4) is 0 Å². The molecule has 0 radical (unpaired) electrons. The first-order chi connectivity index (χ1) is 46.1. The van der Waals surface area contributed by atoms with Gasteiger partial charge in [0, 0.05) is 12.8 Å². The number of rotatable bonds is 75. The lowest BCUT2D eigenvalue weighted by Crippen LogP contribution is -2.28. The van der Waals surface area contributed by atoms with E-state index in [1.54, 1.807) is 0 Å². The summed E-state index contributed by atoms with van der Waals surface area (Å²) in [4.78, 5) is 24.7. The highest BCUT2D eigenvalue weighted by Gasteiger charge is 2.16. The third-order valence-electron chi connectivity index (χ3n) is 18.0. The third kappa shape index (κ3) is 80.7. The lowest BCUT2D eigenvalue weighted by molar-refractivity contribution is -0.161. The maximum atomic E-state index is 12.4. The lowest BCUT2D eigenvalue weighted by Gasteiger charge is -2.15. The van der Waals surface area contributed by atoms with E-state index >= 15 is 0 Å². The number of unbranched alkanes of at least 4 members (excludes halogenated alkanes) is 47. The van der Waals surface area contributed by atoms with Gasteiger partial charge in [0.05, 0.1) is 6.61 Å². The summed E-state index contributed by atoms with van der Waals surface area (Å²) in [5, 5.41) is 9.73. The number of ether oxygens (including phenoxy) is 2. The number of carbonyl (C=O) groups is 2. The first-order valence-electron chi connectivity index (χ1n) is 40.6. The van der Waals surface area contributed by atoms with E-state index < -0.39 is 6.10 Å². The maximum Gasteiger partial charge on any atom is 0.306 e. The molecule has 0 aromatic carbocycles. The minimum absolute atomic E-state index is 0.0712. The SMILES string of the molecule is CC/C=C\C/C=C\C/C=C\C/C=C\C/C=C\C/C=C\C/C=C\C/C=C\C/C=C\C/C=C\CCCCCCCCCCC(=O)OC(CO)COC(=O)CCCCCCCCCCCCCCCCCCCCCCCCCCCCCCCCCCCCCCCCCC. The van der Waals surface area contributed by atoms with E-state index in [2.05, 4.69) is 135 Å².